The first-order valence-electron chi connectivity index (χ1n) is 5.83. The van der Waals surface area contributed by atoms with Crippen molar-refractivity contribution >= 4 is 5.91 Å². The second-order valence-corrected chi connectivity index (χ2v) is 4.36. The Bertz CT molecular complexity index is 215. The van der Waals surface area contributed by atoms with Gasteiger partial charge in [0, 0.05) is 39.8 Å². The fourth-order valence-corrected chi connectivity index (χ4v) is 1.63. The lowest BCUT2D eigenvalue weighted by Gasteiger charge is -2.32. The zero-order valence-electron chi connectivity index (χ0n) is 10.5. The third-order valence-electron chi connectivity index (χ3n) is 2.97. The van der Waals surface area contributed by atoms with Gasteiger partial charge in [-0.1, -0.05) is 0 Å². The number of rotatable bonds is 5. The molecule has 1 fully saturated rings. The molecule has 0 aromatic carbocycles. The monoisotopic (exact) mass is 229 g/mol. The molecule has 0 bridgehead atoms. The second-order valence-electron chi connectivity index (χ2n) is 4.36. The van der Waals surface area contributed by atoms with Crippen molar-refractivity contribution in [1.82, 2.24) is 15.1 Å². The number of carbonyl (C=O) groups is 1. The van der Waals surface area contributed by atoms with Crippen LogP contribution in [-0.4, -0.2) is 75.2 Å². The highest BCUT2D eigenvalue weighted by Gasteiger charge is 2.18. The molecule has 1 amide bonds. The molecule has 1 aliphatic heterocycles. The van der Waals surface area contributed by atoms with Gasteiger partial charge >= 0.3 is 0 Å². The van der Waals surface area contributed by atoms with Crippen LogP contribution in [0.3, 0.4) is 0 Å². The summed E-state index contributed by atoms with van der Waals surface area (Å²) in [6.07, 6.45) is 0.153. The Morgan fingerprint density at radius 3 is 2.56 bits per heavy atom. The van der Waals surface area contributed by atoms with E-state index in [1.807, 2.05) is 11.8 Å². The third-order valence-corrected chi connectivity index (χ3v) is 2.97. The molecule has 0 aromatic heterocycles. The highest BCUT2D eigenvalue weighted by atomic mass is 16.5. The van der Waals surface area contributed by atoms with Crippen molar-refractivity contribution in [2.45, 2.75) is 13.0 Å². The number of likely N-dealkylation sites (N-methyl/N-ethyl adjacent to an activating group) is 1. The summed E-state index contributed by atoms with van der Waals surface area (Å²) in [6, 6.07) is 0. The number of nitrogens with one attached hydrogen (secondary N) is 1. The molecule has 1 atom stereocenters. The maximum absolute atomic E-state index is 11.8. The predicted molar refractivity (Wildman–Crippen MR) is 63.4 cm³/mol. The van der Waals surface area contributed by atoms with Crippen molar-refractivity contribution in [3.05, 3.63) is 0 Å². The summed E-state index contributed by atoms with van der Waals surface area (Å²) < 4.78 is 5.10. The molecule has 0 saturated carbocycles. The van der Waals surface area contributed by atoms with E-state index in [1.165, 1.54) is 0 Å². The van der Waals surface area contributed by atoms with Crippen LogP contribution in [0.25, 0.3) is 0 Å². The van der Waals surface area contributed by atoms with Crippen LogP contribution < -0.4 is 5.32 Å². The number of methoxy groups -OCH3 is 1. The molecule has 0 aliphatic carbocycles. The molecule has 1 aliphatic rings. The lowest BCUT2D eigenvalue weighted by Crippen LogP contribution is -2.49. The van der Waals surface area contributed by atoms with Crippen LogP contribution in [0.1, 0.15) is 6.92 Å². The minimum Gasteiger partial charge on any atom is -0.380 e. The Morgan fingerprint density at radius 1 is 1.38 bits per heavy atom. The van der Waals surface area contributed by atoms with Crippen LogP contribution in [0.15, 0.2) is 0 Å². The fraction of sp³-hybridized carbons (Fsp3) is 0.909. The van der Waals surface area contributed by atoms with Gasteiger partial charge in [-0.15, -0.1) is 0 Å². The summed E-state index contributed by atoms with van der Waals surface area (Å²) in [7, 11) is 3.76. The van der Waals surface area contributed by atoms with Gasteiger partial charge < -0.3 is 19.9 Å². The summed E-state index contributed by atoms with van der Waals surface area (Å²) in [5.74, 6) is 0.191. The van der Waals surface area contributed by atoms with E-state index < -0.39 is 0 Å². The first kappa shape index (κ1) is 13.4. The molecule has 1 heterocycles. The van der Waals surface area contributed by atoms with Gasteiger partial charge in [0.25, 0.3) is 0 Å². The van der Waals surface area contributed by atoms with Crippen molar-refractivity contribution in [2.75, 3.05) is 53.4 Å². The van der Waals surface area contributed by atoms with Gasteiger partial charge in [0.1, 0.15) is 0 Å². The van der Waals surface area contributed by atoms with E-state index in [0.717, 1.165) is 32.7 Å². The Hall–Kier alpha value is -0.650. The van der Waals surface area contributed by atoms with Crippen molar-refractivity contribution in [3.63, 3.8) is 0 Å². The molecular weight excluding hydrogens is 206 g/mol. The number of piperazine rings is 1. The summed E-state index contributed by atoms with van der Waals surface area (Å²) >= 11 is 0. The SMILES string of the molecule is COC(C)CNCC(=O)N1CCN(C)CC1. The number of hydrogen-bond acceptors (Lipinski definition) is 4. The molecule has 5 heteroatoms. The Labute approximate surface area is 97.7 Å². The second kappa shape index (κ2) is 6.83. The van der Waals surface area contributed by atoms with E-state index in [9.17, 15) is 4.79 Å². The average molecular weight is 229 g/mol. The minimum atomic E-state index is 0.153. The van der Waals surface area contributed by atoms with Crippen LogP contribution >= 0.6 is 0 Å². The lowest BCUT2D eigenvalue weighted by atomic mass is 10.3. The third kappa shape index (κ3) is 4.47. The average Bonchev–Trinajstić information content (AvgIpc) is 2.29. The molecule has 5 nitrogen and oxygen atoms in total. The Balaban J connectivity index is 2.15. The maximum atomic E-state index is 11.8. The van der Waals surface area contributed by atoms with Gasteiger partial charge in [-0.3, -0.25) is 4.79 Å². The van der Waals surface area contributed by atoms with Gasteiger partial charge in [0.05, 0.1) is 12.6 Å². The van der Waals surface area contributed by atoms with Crippen LogP contribution in [0.5, 0.6) is 0 Å². The zero-order chi connectivity index (χ0) is 12.0. The topological polar surface area (TPSA) is 44.8 Å². The van der Waals surface area contributed by atoms with Crippen LogP contribution in [0.4, 0.5) is 0 Å². The molecule has 0 aromatic rings. The van der Waals surface area contributed by atoms with E-state index in [1.54, 1.807) is 7.11 Å². The van der Waals surface area contributed by atoms with Gasteiger partial charge in [-0.05, 0) is 14.0 Å². The number of nitrogens with zero attached hydrogens (tertiary/aromatic N) is 2. The molecule has 1 saturated heterocycles. The first-order chi connectivity index (χ1) is 7.63. The number of carbonyl (C=O) groups excluding carboxylic acids is 1. The quantitative estimate of drug-likeness (QED) is 0.683. The summed E-state index contributed by atoms with van der Waals surface area (Å²) in [6.45, 7) is 6.74. The molecule has 1 rings (SSSR count). The van der Waals surface area contributed by atoms with E-state index in [-0.39, 0.29) is 12.0 Å². The van der Waals surface area contributed by atoms with Crippen LogP contribution in [-0.2, 0) is 9.53 Å². The summed E-state index contributed by atoms with van der Waals surface area (Å²) in [5, 5.41) is 3.11. The maximum Gasteiger partial charge on any atom is 0.236 e. The minimum absolute atomic E-state index is 0.153. The van der Waals surface area contributed by atoms with Gasteiger partial charge in [0.2, 0.25) is 5.91 Å². The van der Waals surface area contributed by atoms with Crippen molar-refractivity contribution in [2.24, 2.45) is 0 Å². The van der Waals surface area contributed by atoms with Crippen molar-refractivity contribution in [1.29, 1.82) is 0 Å². The molecule has 1 unspecified atom stereocenters. The molecular formula is C11H23N3O2. The van der Waals surface area contributed by atoms with Crippen molar-refractivity contribution in [3.8, 4) is 0 Å². The Morgan fingerprint density at radius 2 is 2.00 bits per heavy atom. The van der Waals surface area contributed by atoms with Crippen LogP contribution in [0, 0.1) is 0 Å². The van der Waals surface area contributed by atoms with E-state index in [4.69, 9.17) is 4.74 Å². The number of hydrogen-bond donors (Lipinski definition) is 1. The van der Waals surface area contributed by atoms with Crippen LogP contribution in [0.2, 0.25) is 0 Å². The first-order valence-corrected chi connectivity index (χ1v) is 5.83. The largest absolute Gasteiger partial charge is 0.380 e. The molecule has 16 heavy (non-hydrogen) atoms. The number of amides is 1. The highest BCUT2D eigenvalue weighted by molar-refractivity contribution is 5.78. The standard InChI is InChI=1S/C11H23N3O2/c1-10(16-3)8-12-9-11(15)14-6-4-13(2)5-7-14/h10,12H,4-9H2,1-3H3. The lowest BCUT2D eigenvalue weighted by molar-refractivity contribution is -0.131. The predicted octanol–water partition coefficient (Wildman–Crippen LogP) is -0.615. The van der Waals surface area contributed by atoms with Gasteiger partial charge in [-0.2, -0.15) is 0 Å². The van der Waals surface area contributed by atoms with E-state index >= 15 is 0 Å². The van der Waals surface area contributed by atoms with E-state index in [2.05, 4.69) is 17.3 Å². The molecule has 94 valence electrons. The van der Waals surface area contributed by atoms with Crippen molar-refractivity contribution < 1.29 is 9.53 Å². The zero-order valence-corrected chi connectivity index (χ0v) is 10.5. The molecule has 0 spiro atoms. The normalized spacial score (nSPS) is 19.8. The molecule has 1 N–H and O–H groups in total. The van der Waals surface area contributed by atoms with Gasteiger partial charge in [-0.25, -0.2) is 0 Å². The smallest absolute Gasteiger partial charge is 0.236 e. The van der Waals surface area contributed by atoms with Gasteiger partial charge in [0.15, 0.2) is 0 Å². The Kier molecular flexibility index (Phi) is 5.73. The summed E-state index contributed by atoms with van der Waals surface area (Å²) in [5.41, 5.74) is 0. The number of ether oxygens (including phenoxy) is 1. The molecule has 0 radical (unpaired) electrons. The summed E-state index contributed by atoms with van der Waals surface area (Å²) in [4.78, 5) is 15.9. The fourth-order valence-electron chi connectivity index (χ4n) is 1.63. The van der Waals surface area contributed by atoms with E-state index in [0.29, 0.717) is 6.54 Å². The highest BCUT2D eigenvalue weighted by Crippen LogP contribution is 1.98.